The molecule has 88 valence electrons. The van der Waals surface area contributed by atoms with Crippen molar-refractivity contribution < 1.29 is 19.0 Å². The molecule has 0 radical (unpaired) electrons. The van der Waals surface area contributed by atoms with Gasteiger partial charge in [0.1, 0.15) is 5.82 Å². The Morgan fingerprint density at radius 3 is 2.75 bits per heavy atom. The third-order valence-electron chi connectivity index (χ3n) is 2.26. The summed E-state index contributed by atoms with van der Waals surface area (Å²) in [5.74, 6) is -2.47. The van der Waals surface area contributed by atoms with Gasteiger partial charge in [0.15, 0.2) is 0 Å². The zero-order valence-corrected chi connectivity index (χ0v) is 10.5. The molecule has 0 amide bonds. The molecule has 0 aromatic heterocycles. The third kappa shape index (κ3) is 2.80. The number of carboxylic acid groups (broad SMARTS) is 1. The predicted molar refractivity (Wildman–Crippen MR) is 60.9 cm³/mol. The van der Waals surface area contributed by atoms with Gasteiger partial charge in [0.25, 0.3) is 0 Å². The van der Waals surface area contributed by atoms with E-state index in [1.54, 1.807) is 6.07 Å². The molecule has 0 bridgehead atoms. The Bertz CT molecular complexity index is 406. The molecule has 0 aliphatic rings. The molecule has 0 saturated heterocycles. The Kier molecular flexibility index (Phi) is 4.44. The first kappa shape index (κ1) is 13.1. The largest absolute Gasteiger partial charge is 0.481 e. The molecule has 5 heteroatoms. The van der Waals surface area contributed by atoms with Gasteiger partial charge >= 0.3 is 5.97 Å². The van der Waals surface area contributed by atoms with Gasteiger partial charge in [-0.25, -0.2) is 4.39 Å². The van der Waals surface area contributed by atoms with E-state index in [2.05, 4.69) is 15.9 Å². The number of hydrogen-bond acceptors (Lipinski definition) is 2. The van der Waals surface area contributed by atoms with E-state index in [1.807, 2.05) is 0 Å². The molecule has 0 saturated carbocycles. The second-order valence-corrected chi connectivity index (χ2v) is 4.33. The van der Waals surface area contributed by atoms with Crippen LogP contribution in [0.2, 0.25) is 0 Å². The van der Waals surface area contributed by atoms with Gasteiger partial charge in [-0.3, -0.25) is 4.79 Å². The van der Waals surface area contributed by atoms with Crippen LogP contribution in [-0.4, -0.2) is 18.2 Å². The van der Waals surface area contributed by atoms with E-state index in [0.717, 1.165) is 5.56 Å². The Hall–Kier alpha value is -0.940. The van der Waals surface area contributed by atoms with Crippen molar-refractivity contribution in [2.24, 2.45) is 0 Å². The molecule has 0 aliphatic carbocycles. The van der Waals surface area contributed by atoms with Crippen LogP contribution >= 0.6 is 15.9 Å². The summed E-state index contributed by atoms with van der Waals surface area (Å²) in [6, 6.07) is 3.10. The maximum atomic E-state index is 13.7. The van der Waals surface area contributed by atoms with Crippen molar-refractivity contribution in [1.29, 1.82) is 0 Å². The molecule has 1 aromatic carbocycles. The molecule has 0 aliphatic heterocycles. The maximum Gasteiger partial charge on any atom is 0.310 e. The summed E-state index contributed by atoms with van der Waals surface area (Å²) in [7, 11) is 1.53. The van der Waals surface area contributed by atoms with Crippen LogP contribution in [-0.2, 0) is 16.1 Å². The summed E-state index contributed by atoms with van der Waals surface area (Å²) in [5, 5.41) is 8.86. The van der Waals surface area contributed by atoms with Crippen LogP contribution in [0.5, 0.6) is 0 Å². The Morgan fingerprint density at radius 1 is 1.62 bits per heavy atom. The number of ether oxygens (including phenoxy) is 1. The number of hydrogen-bond donors (Lipinski definition) is 1. The van der Waals surface area contributed by atoms with E-state index in [4.69, 9.17) is 9.84 Å². The molecular formula is C11H12BrFO3. The SMILES string of the molecule is COCc1cc(Br)c(F)c(C(C)C(=O)O)c1. The Labute approximate surface area is 101 Å². The summed E-state index contributed by atoms with van der Waals surface area (Å²) in [5.41, 5.74) is 0.896. The van der Waals surface area contributed by atoms with Gasteiger partial charge < -0.3 is 9.84 Å². The lowest BCUT2D eigenvalue weighted by molar-refractivity contribution is -0.138. The number of rotatable bonds is 4. The fraction of sp³-hybridized carbons (Fsp3) is 0.364. The predicted octanol–water partition coefficient (Wildman–Crippen LogP) is 2.92. The van der Waals surface area contributed by atoms with Crippen LogP contribution in [0.4, 0.5) is 4.39 Å². The zero-order chi connectivity index (χ0) is 12.3. The van der Waals surface area contributed by atoms with E-state index in [1.165, 1.54) is 20.1 Å². The fourth-order valence-corrected chi connectivity index (χ4v) is 1.89. The number of halogens is 2. The number of carbonyl (C=O) groups is 1. The average Bonchev–Trinajstić information content (AvgIpc) is 2.22. The number of benzene rings is 1. The van der Waals surface area contributed by atoms with Crippen molar-refractivity contribution in [3.63, 3.8) is 0 Å². The topological polar surface area (TPSA) is 46.5 Å². The minimum Gasteiger partial charge on any atom is -0.481 e. The van der Waals surface area contributed by atoms with Crippen LogP contribution in [0, 0.1) is 5.82 Å². The van der Waals surface area contributed by atoms with Crippen molar-refractivity contribution in [3.8, 4) is 0 Å². The monoisotopic (exact) mass is 290 g/mol. The summed E-state index contributed by atoms with van der Waals surface area (Å²) >= 11 is 3.06. The highest BCUT2D eigenvalue weighted by Gasteiger charge is 2.20. The van der Waals surface area contributed by atoms with Crippen LogP contribution in [0.25, 0.3) is 0 Å². The van der Waals surface area contributed by atoms with Crippen LogP contribution in [0.1, 0.15) is 24.0 Å². The van der Waals surface area contributed by atoms with Gasteiger partial charge in [-0.1, -0.05) is 0 Å². The molecule has 3 nitrogen and oxygen atoms in total. The van der Waals surface area contributed by atoms with Gasteiger partial charge in [-0.15, -0.1) is 0 Å². The van der Waals surface area contributed by atoms with E-state index in [9.17, 15) is 9.18 Å². The lowest BCUT2D eigenvalue weighted by atomic mass is 9.99. The van der Waals surface area contributed by atoms with Crippen LogP contribution < -0.4 is 0 Å². The molecule has 1 rings (SSSR count). The second kappa shape index (κ2) is 5.41. The van der Waals surface area contributed by atoms with E-state index in [0.29, 0.717) is 6.61 Å². The molecule has 1 unspecified atom stereocenters. The lowest BCUT2D eigenvalue weighted by Crippen LogP contribution is -2.10. The van der Waals surface area contributed by atoms with Gasteiger partial charge in [0.05, 0.1) is 17.0 Å². The minimum absolute atomic E-state index is 0.161. The lowest BCUT2D eigenvalue weighted by Gasteiger charge is -2.11. The maximum absolute atomic E-state index is 13.7. The van der Waals surface area contributed by atoms with E-state index >= 15 is 0 Å². The standard InChI is InChI=1S/C11H12BrFO3/c1-6(11(14)15)8-3-7(5-16-2)4-9(12)10(8)13/h3-4,6H,5H2,1-2H3,(H,14,15). The third-order valence-corrected chi connectivity index (χ3v) is 2.84. The molecule has 1 N–H and O–H groups in total. The Balaban J connectivity index is 3.20. The normalized spacial score (nSPS) is 12.5. The summed E-state index contributed by atoms with van der Waals surface area (Å²) in [6.07, 6.45) is 0. The minimum atomic E-state index is -1.06. The molecule has 1 aromatic rings. The number of carboxylic acids is 1. The Morgan fingerprint density at radius 2 is 2.25 bits per heavy atom. The first-order chi connectivity index (χ1) is 7.47. The van der Waals surface area contributed by atoms with Crippen molar-refractivity contribution in [1.82, 2.24) is 0 Å². The highest BCUT2D eigenvalue weighted by atomic mass is 79.9. The van der Waals surface area contributed by atoms with E-state index in [-0.39, 0.29) is 10.0 Å². The highest BCUT2D eigenvalue weighted by Crippen LogP contribution is 2.27. The van der Waals surface area contributed by atoms with Gasteiger partial charge in [-0.2, -0.15) is 0 Å². The number of aliphatic carboxylic acids is 1. The first-order valence-electron chi connectivity index (χ1n) is 4.67. The number of methoxy groups -OCH3 is 1. The first-order valence-corrected chi connectivity index (χ1v) is 5.46. The van der Waals surface area contributed by atoms with Crippen molar-refractivity contribution in [2.75, 3.05) is 7.11 Å². The molecule has 1 atom stereocenters. The quantitative estimate of drug-likeness (QED) is 0.927. The molecule has 0 spiro atoms. The van der Waals surface area contributed by atoms with Crippen LogP contribution in [0.3, 0.4) is 0 Å². The fourth-order valence-electron chi connectivity index (χ4n) is 1.37. The molecule has 0 fully saturated rings. The average molecular weight is 291 g/mol. The smallest absolute Gasteiger partial charge is 0.310 e. The molecule has 0 heterocycles. The summed E-state index contributed by atoms with van der Waals surface area (Å²) < 4.78 is 18.9. The van der Waals surface area contributed by atoms with Gasteiger partial charge in [0, 0.05) is 12.7 Å². The van der Waals surface area contributed by atoms with Crippen molar-refractivity contribution in [3.05, 3.63) is 33.5 Å². The summed E-state index contributed by atoms with van der Waals surface area (Å²) in [4.78, 5) is 10.8. The summed E-state index contributed by atoms with van der Waals surface area (Å²) in [6.45, 7) is 1.77. The second-order valence-electron chi connectivity index (χ2n) is 3.47. The molecule has 16 heavy (non-hydrogen) atoms. The van der Waals surface area contributed by atoms with Crippen molar-refractivity contribution >= 4 is 21.9 Å². The van der Waals surface area contributed by atoms with Gasteiger partial charge in [0.2, 0.25) is 0 Å². The van der Waals surface area contributed by atoms with Crippen molar-refractivity contribution in [2.45, 2.75) is 19.4 Å². The van der Waals surface area contributed by atoms with E-state index < -0.39 is 17.7 Å². The zero-order valence-electron chi connectivity index (χ0n) is 8.96. The van der Waals surface area contributed by atoms with Gasteiger partial charge in [-0.05, 0) is 40.5 Å². The van der Waals surface area contributed by atoms with Crippen LogP contribution in [0.15, 0.2) is 16.6 Å². The molecular weight excluding hydrogens is 279 g/mol. The highest BCUT2D eigenvalue weighted by molar-refractivity contribution is 9.10.